The van der Waals surface area contributed by atoms with E-state index in [0.717, 1.165) is 18.6 Å². The van der Waals surface area contributed by atoms with E-state index in [9.17, 15) is 9.59 Å². The summed E-state index contributed by atoms with van der Waals surface area (Å²) < 4.78 is 0. The Morgan fingerprint density at radius 1 is 1.13 bits per heavy atom. The van der Waals surface area contributed by atoms with Crippen LogP contribution in [0.2, 0.25) is 0 Å². The van der Waals surface area contributed by atoms with Gasteiger partial charge in [-0.3, -0.25) is 9.79 Å². The molecular formula is C24H27N5O2. The third-order valence-electron chi connectivity index (χ3n) is 6.32. The molecule has 1 aromatic rings. The van der Waals surface area contributed by atoms with Crippen LogP contribution in [0, 0.1) is 23.2 Å². The number of nitrogens with zero attached hydrogens (tertiary/aromatic N) is 3. The van der Waals surface area contributed by atoms with Crippen molar-refractivity contribution in [3.63, 3.8) is 0 Å². The molecule has 0 spiro atoms. The molecule has 1 aliphatic heterocycles. The molecule has 1 aromatic carbocycles. The van der Waals surface area contributed by atoms with Crippen molar-refractivity contribution in [1.29, 1.82) is 5.26 Å². The maximum atomic E-state index is 13.2. The van der Waals surface area contributed by atoms with E-state index in [4.69, 9.17) is 10.3 Å². The van der Waals surface area contributed by atoms with Crippen LogP contribution in [0.1, 0.15) is 37.7 Å². The van der Waals surface area contributed by atoms with Crippen molar-refractivity contribution in [2.75, 3.05) is 12.4 Å². The van der Waals surface area contributed by atoms with Gasteiger partial charge in [-0.15, -0.1) is 0 Å². The number of likely N-dealkylation sites (N-methyl/N-ethyl adjacent to an activating group) is 1. The normalized spacial score (nSPS) is 25.8. The number of amides is 3. The van der Waals surface area contributed by atoms with Gasteiger partial charge < -0.3 is 15.5 Å². The van der Waals surface area contributed by atoms with E-state index in [1.54, 1.807) is 36.2 Å². The number of nitriles is 1. The number of carbonyl (C=O) groups is 2. The molecule has 0 aromatic heterocycles. The van der Waals surface area contributed by atoms with Crippen molar-refractivity contribution >= 4 is 23.3 Å². The second-order valence-electron chi connectivity index (χ2n) is 8.31. The van der Waals surface area contributed by atoms with E-state index in [1.807, 2.05) is 24.3 Å². The number of hydrogen-bond acceptors (Lipinski definition) is 4. The fourth-order valence-corrected chi connectivity index (χ4v) is 4.66. The molecule has 4 rings (SSSR count). The van der Waals surface area contributed by atoms with E-state index >= 15 is 0 Å². The SMILES string of the molecule is CN1C(=O)C(NC(=O)Nc2ccc(C#N)cc2)N=C(C2CCCCC2)C2C=CC=CC21. The molecule has 0 radical (unpaired) electrons. The van der Waals surface area contributed by atoms with Crippen LogP contribution in [-0.2, 0) is 4.79 Å². The smallest absolute Gasteiger partial charge is 0.321 e. The van der Waals surface area contributed by atoms with Crippen molar-refractivity contribution in [3.05, 3.63) is 54.1 Å². The first kappa shape index (κ1) is 20.9. The molecule has 1 saturated carbocycles. The van der Waals surface area contributed by atoms with Crippen molar-refractivity contribution in [2.45, 2.75) is 44.3 Å². The third kappa shape index (κ3) is 4.53. The predicted octanol–water partition coefficient (Wildman–Crippen LogP) is 3.61. The molecule has 31 heavy (non-hydrogen) atoms. The van der Waals surface area contributed by atoms with Gasteiger partial charge in [0, 0.05) is 24.4 Å². The van der Waals surface area contributed by atoms with E-state index in [2.05, 4.69) is 16.7 Å². The average Bonchev–Trinajstić information content (AvgIpc) is 2.91. The first-order valence-electron chi connectivity index (χ1n) is 10.8. The van der Waals surface area contributed by atoms with Gasteiger partial charge >= 0.3 is 6.03 Å². The minimum atomic E-state index is -0.965. The first-order valence-corrected chi connectivity index (χ1v) is 10.8. The summed E-state index contributed by atoms with van der Waals surface area (Å²) in [5, 5.41) is 14.4. The highest BCUT2D eigenvalue weighted by Crippen LogP contribution is 2.33. The number of anilines is 1. The van der Waals surface area contributed by atoms with Gasteiger partial charge in [0.2, 0.25) is 6.17 Å². The quantitative estimate of drug-likeness (QED) is 0.786. The van der Waals surface area contributed by atoms with E-state index in [0.29, 0.717) is 17.2 Å². The summed E-state index contributed by atoms with van der Waals surface area (Å²) in [6.07, 6.45) is 12.9. The van der Waals surface area contributed by atoms with Gasteiger partial charge in [0.25, 0.3) is 5.91 Å². The Labute approximate surface area is 182 Å². The highest BCUT2D eigenvalue weighted by molar-refractivity contribution is 5.99. The van der Waals surface area contributed by atoms with Gasteiger partial charge in [0.05, 0.1) is 17.7 Å². The summed E-state index contributed by atoms with van der Waals surface area (Å²) >= 11 is 0. The summed E-state index contributed by atoms with van der Waals surface area (Å²) in [7, 11) is 1.77. The second-order valence-corrected chi connectivity index (χ2v) is 8.31. The monoisotopic (exact) mass is 417 g/mol. The number of fused-ring (bicyclic) bond motifs is 1. The van der Waals surface area contributed by atoms with Gasteiger partial charge in [0.15, 0.2) is 0 Å². The Morgan fingerprint density at radius 2 is 1.84 bits per heavy atom. The number of hydrogen-bond donors (Lipinski definition) is 2. The molecule has 160 valence electrons. The molecule has 1 heterocycles. The van der Waals surface area contributed by atoms with Crippen LogP contribution < -0.4 is 10.6 Å². The molecule has 0 saturated heterocycles. The molecule has 7 nitrogen and oxygen atoms in total. The van der Waals surface area contributed by atoms with Crippen LogP contribution in [0.25, 0.3) is 0 Å². The zero-order valence-electron chi connectivity index (χ0n) is 17.6. The zero-order valence-corrected chi connectivity index (χ0v) is 17.6. The molecule has 2 N–H and O–H groups in total. The van der Waals surface area contributed by atoms with Crippen LogP contribution in [-0.4, -0.2) is 41.8 Å². The summed E-state index contributed by atoms with van der Waals surface area (Å²) in [5.74, 6) is 0.147. The lowest BCUT2D eigenvalue weighted by Crippen LogP contribution is -2.49. The molecule has 3 amide bonds. The van der Waals surface area contributed by atoms with Crippen LogP contribution >= 0.6 is 0 Å². The number of urea groups is 1. The van der Waals surface area contributed by atoms with Crippen molar-refractivity contribution in [1.82, 2.24) is 10.2 Å². The minimum Gasteiger partial charge on any atom is -0.335 e. The molecule has 3 unspecified atom stereocenters. The molecular weight excluding hydrogens is 390 g/mol. The van der Waals surface area contributed by atoms with Gasteiger partial charge in [0.1, 0.15) is 0 Å². The van der Waals surface area contributed by atoms with Gasteiger partial charge in [-0.05, 0) is 43.0 Å². The summed E-state index contributed by atoms with van der Waals surface area (Å²) in [6.45, 7) is 0. The van der Waals surface area contributed by atoms with Crippen LogP contribution in [0.5, 0.6) is 0 Å². The molecule has 2 aliphatic carbocycles. The van der Waals surface area contributed by atoms with E-state index in [1.165, 1.54) is 19.3 Å². The maximum Gasteiger partial charge on any atom is 0.321 e. The minimum absolute atomic E-state index is 0.0374. The number of nitrogens with one attached hydrogen (secondary N) is 2. The number of rotatable bonds is 3. The van der Waals surface area contributed by atoms with Crippen molar-refractivity contribution < 1.29 is 9.59 Å². The number of carbonyl (C=O) groups excluding carboxylic acids is 2. The molecule has 3 atom stereocenters. The Morgan fingerprint density at radius 3 is 2.55 bits per heavy atom. The largest absolute Gasteiger partial charge is 0.335 e. The molecule has 7 heteroatoms. The summed E-state index contributed by atoms with van der Waals surface area (Å²) in [4.78, 5) is 32.4. The van der Waals surface area contributed by atoms with Crippen LogP contribution in [0.3, 0.4) is 0 Å². The fraction of sp³-hybridized carbons (Fsp3) is 0.417. The van der Waals surface area contributed by atoms with Crippen LogP contribution in [0.4, 0.5) is 10.5 Å². The maximum absolute atomic E-state index is 13.2. The Kier molecular flexibility index (Phi) is 6.17. The van der Waals surface area contributed by atoms with Gasteiger partial charge in [-0.2, -0.15) is 5.26 Å². The Balaban J connectivity index is 1.57. The highest BCUT2D eigenvalue weighted by Gasteiger charge is 2.40. The van der Waals surface area contributed by atoms with Crippen LogP contribution in [0.15, 0.2) is 53.6 Å². The van der Waals surface area contributed by atoms with E-state index < -0.39 is 12.2 Å². The van der Waals surface area contributed by atoms with Crippen molar-refractivity contribution in [2.24, 2.45) is 16.8 Å². The molecule has 1 fully saturated rings. The van der Waals surface area contributed by atoms with Gasteiger partial charge in [-0.25, -0.2) is 4.79 Å². The average molecular weight is 418 g/mol. The number of benzene rings is 1. The Bertz CT molecular complexity index is 967. The lowest BCUT2D eigenvalue weighted by molar-refractivity contribution is -0.132. The fourth-order valence-electron chi connectivity index (χ4n) is 4.66. The number of allylic oxidation sites excluding steroid dienone is 2. The van der Waals surface area contributed by atoms with Gasteiger partial charge in [-0.1, -0.05) is 43.6 Å². The predicted molar refractivity (Wildman–Crippen MR) is 119 cm³/mol. The summed E-state index contributed by atoms with van der Waals surface area (Å²) in [6, 6.07) is 8.01. The first-order chi connectivity index (χ1) is 15.1. The Hall–Kier alpha value is -3.40. The highest BCUT2D eigenvalue weighted by atomic mass is 16.2. The standard InChI is InChI=1S/C24H27N5O2/c1-29-20-10-6-5-9-19(20)21(17-7-3-2-4-8-17)27-22(23(29)30)28-24(31)26-18-13-11-16(15-25)12-14-18/h5-6,9-14,17,19-20,22H,2-4,7-8H2,1H3,(H2,26,28,31). The second kappa shape index (κ2) is 9.17. The third-order valence-corrected chi connectivity index (χ3v) is 6.32. The zero-order chi connectivity index (χ0) is 21.8. The van der Waals surface area contributed by atoms with Crippen molar-refractivity contribution in [3.8, 4) is 6.07 Å². The topological polar surface area (TPSA) is 97.6 Å². The molecule has 0 bridgehead atoms. The van der Waals surface area contributed by atoms with E-state index in [-0.39, 0.29) is 17.9 Å². The lowest BCUT2D eigenvalue weighted by Gasteiger charge is -2.34. The summed E-state index contributed by atoms with van der Waals surface area (Å²) in [5.41, 5.74) is 2.07. The number of aliphatic imine (C=N–C) groups is 1. The lowest BCUT2D eigenvalue weighted by atomic mass is 9.77. The molecule has 3 aliphatic rings.